The van der Waals surface area contributed by atoms with Gasteiger partial charge in [0, 0.05) is 39.0 Å². The maximum atomic E-state index is 11.9. The Hall–Kier alpha value is -3.22. The molecule has 2 aliphatic heterocycles. The molecule has 2 aromatic carbocycles. The molecule has 2 aliphatic rings. The largest absolute Gasteiger partial charge is 0.495 e. The van der Waals surface area contributed by atoms with Crippen LogP contribution in [0.2, 0.25) is 0 Å². The Bertz CT molecular complexity index is 890. The van der Waals surface area contributed by atoms with E-state index in [9.17, 15) is 9.59 Å². The van der Waals surface area contributed by atoms with Gasteiger partial charge in [-0.2, -0.15) is 0 Å². The van der Waals surface area contributed by atoms with Crippen LogP contribution in [0.3, 0.4) is 0 Å². The molecule has 0 bridgehead atoms. The molecule has 2 N–H and O–H groups in total. The van der Waals surface area contributed by atoms with Gasteiger partial charge in [-0.1, -0.05) is 12.1 Å². The molecule has 146 valence electrons. The zero-order chi connectivity index (χ0) is 19.7. The molecule has 0 unspecified atom stereocenters. The van der Waals surface area contributed by atoms with Crippen molar-refractivity contribution in [2.45, 2.75) is 12.8 Å². The predicted octanol–water partition coefficient (Wildman–Crippen LogP) is 2.26. The van der Waals surface area contributed by atoms with Crippen molar-refractivity contribution in [2.75, 3.05) is 53.7 Å². The number of nitrogens with two attached hydrogens (primary N) is 1. The fourth-order valence-electron chi connectivity index (χ4n) is 3.91. The molecule has 0 spiro atoms. The van der Waals surface area contributed by atoms with Gasteiger partial charge in [0.2, 0.25) is 11.8 Å². The van der Waals surface area contributed by atoms with Crippen LogP contribution in [-0.4, -0.2) is 45.1 Å². The van der Waals surface area contributed by atoms with Gasteiger partial charge in [0.05, 0.1) is 29.9 Å². The van der Waals surface area contributed by atoms with Crippen molar-refractivity contribution in [3.8, 4) is 5.75 Å². The fourth-order valence-corrected chi connectivity index (χ4v) is 3.91. The second kappa shape index (κ2) is 7.42. The molecule has 0 aromatic heterocycles. The highest BCUT2D eigenvalue weighted by atomic mass is 16.5. The summed E-state index contributed by atoms with van der Waals surface area (Å²) in [4.78, 5) is 29.7. The molecule has 2 heterocycles. The van der Waals surface area contributed by atoms with Gasteiger partial charge in [-0.05, 0) is 30.3 Å². The number of imide groups is 1. The van der Waals surface area contributed by atoms with E-state index in [1.807, 2.05) is 24.3 Å². The molecule has 7 nitrogen and oxygen atoms in total. The van der Waals surface area contributed by atoms with Crippen molar-refractivity contribution in [1.82, 2.24) is 0 Å². The molecule has 2 saturated heterocycles. The van der Waals surface area contributed by atoms with E-state index in [0.717, 1.165) is 43.3 Å². The first-order valence-corrected chi connectivity index (χ1v) is 9.46. The molecular weight excluding hydrogens is 356 g/mol. The molecule has 28 heavy (non-hydrogen) atoms. The molecule has 2 amide bonds. The number of piperazine rings is 1. The normalized spacial score (nSPS) is 17.4. The molecule has 2 fully saturated rings. The number of carbonyl (C=O) groups excluding carboxylic acids is 2. The van der Waals surface area contributed by atoms with Crippen LogP contribution in [-0.2, 0) is 9.59 Å². The Morgan fingerprint density at radius 3 is 2.07 bits per heavy atom. The molecule has 0 saturated carbocycles. The number of hydrogen-bond donors (Lipinski definition) is 1. The van der Waals surface area contributed by atoms with Crippen LogP contribution in [0, 0.1) is 0 Å². The minimum Gasteiger partial charge on any atom is -0.495 e. The van der Waals surface area contributed by atoms with E-state index < -0.39 is 0 Å². The minimum atomic E-state index is -0.164. The lowest BCUT2D eigenvalue weighted by Gasteiger charge is -2.38. The lowest BCUT2D eigenvalue weighted by Crippen LogP contribution is -2.46. The molecule has 0 atom stereocenters. The second-order valence-corrected chi connectivity index (χ2v) is 7.01. The number of nitrogen functional groups attached to an aromatic ring is 1. The van der Waals surface area contributed by atoms with Gasteiger partial charge in [-0.25, -0.2) is 0 Å². The number of ether oxygens (including phenoxy) is 1. The van der Waals surface area contributed by atoms with Crippen molar-refractivity contribution in [3.63, 3.8) is 0 Å². The Balaban J connectivity index is 1.48. The number of rotatable bonds is 4. The number of carbonyl (C=O) groups is 2. The van der Waals surface area contributed by atoms with Gasteiger partial charge < -0.3 is 20.3 Å². The Kier molecular flexibility index (Phi) is 4.81. The number of para-hydroxylation sites is 2. The number of anilines is 4. The van der Waals surface area contributed by atoms with Crippen LogP contribution in [0.5, 0.6) is 5.75 Å². The Morgan fingerprint density at radius 2 is 1.46 bits per heavy atom. The quantitative estimate of drug-likeness (QED) is 0.647. The number of benzene rings is 2. The van der Waals surface area contributed by atoms with Crippen LogP contribution < -0.4 is 25.2 Å². The van der Waals surface area contributed by atoms with E-state index in [-0.39, 0.29) is 24.7 Å². The predicted molar refractivity (Wildman–Crippen MR) is 110 cm³/mol. The number of hydrogen-bond acceptors (Lipinski definition) is 6. The lowest BCUT2D eigenvalue weighted by molar-refractivity contribution is -0.121. The van der Waals surface area contributed by atoms with Crippen LogP contribution in [0.25, 0.3) is 0 Å². The standard InChI is InChI=1S/C21H24N4O3/c1-28-19-5-3-2-4-18(19)24-12-10-23(11-13-24)17-7-6-15(14-16(17)22)25-20(26)8-9-21(25)27/h2-7,14H,8-13,22H2,1H3. The van der Waals surface area contributed by atoms with Gasteiger partial charge in [-0.3, -0.25) is 14.5 Å². The zero-order valence-electron chi connectivity index (χ0n) is 15.9. The van der Waals surface area contributed by atoms with Gasteiger partial charge in [0.25, 0.3) is 0 Å². The van der Waals surface area contributed by atoms with Gasteiger partial charge in [0.1, 0.15) is 5.75 Å². The van der Waals surface area contributed by atoms with Crippen molar-refractivity contribution in [3.05, 3.63) is 42.5 Å². The van der Waals surface area contributed by atoms with E-state index >= 15 is 0 Å². The summed E-state index contributed by atoms with van der Waals surface area (Å²) < 4.78 is 5.47. The van der Waals surface area contributed by atoms with Crippen LogP contribution in [0.15, 0.2) is 42.5 Å². The molecular formula is C21H24N4O3. The lowest BCUT2D eigenvalue weighted by atomic mass is 10.1. The monoisotopic (exact) mass is 380 g/mol. The second-order valence-electron chi connectivity index (χ2n) is 7.01. The average Bonchev–Trinajstić information content (AvgIpc) is 3.06. The summed E-state index contributed by atoms with van der Waals surface area (Å²) in [6.07, 6.45) is 0.538. The van der Waals surface area contributed by atoms with Crippen molar-refractivity contribution >= 4 is 34.6 Å². The highest BCUT2D eigenvalue weighted by molar-refractivity contribution is 6.20. The van der Waals surface area contributed by atoms with E-state index in [4.69, 9.17) is 10.5 Å². The van der Waals surface area contributed by atoms with Crippen LogP contribution in [0.1, 0.15) is 12.8 Å². The fraction of sp³-hybridized carbons (Fsp3) is 0.333. The summed E-state index contributed by atoms with van der Waals surface area (Å²) in [5.41, 5.74) is 9.44. The zero-order valence-corrected chi connectivity index (χ0v) is 15.9. The Morgan fingerprint density at radius 1 is 0.857 bits per heavy atom. The van der Waals surface area contributed by atoms with Crippen molar-refractivity contribution < 1.29 is 14.3 Å². The SMILES string of the molecule is COc1ccccc1N1CCN(c2ccc(N3C(=O)CCC3=O)cc2N)CC1. The Labute approximate surface area is 164 Å². The number of methoxy groups -OCH3 is 1. The first kappa shape index (κ1) is 18.2. The van der Waals surface area contributed by atoms with E-state index in [0.29, 0.717) is 11.4 Å². The maximum Gasteiger partial charge on any atom is 0.234 e. The number of amides is 2. The highest BCUT2D eigenvalue weighted by Gasteiger charge is 2.31. The van der Waals surface area contributed by atoms with Gasteiger partial charge in [-0.15, -0.1) is 0 Å². The average molecular weight is 380 g/mol. The third kappa shape index (κ3) is 3.24. The third-order valence-electron chi connectivity index (χ3n) is 5.37. The minimum absolute atomic E-state index is 0.164. The van der Waals surface area contributed by atoms with Crippen LogP contribution in [0.4, 0.5) is 22.7 Å². The summed E-state index contributed by atoms with van der Waals surface area (Å²) in [5.74, 6) is 0.546. The molecule has 0 aliphatic carbocycles. The first-order valence-electron chi connectivity index (χ1n) is 9.46. The highest BCUT2D eigenvalue weighted by Crippen LogP contribution is 2.33. The summed E-state index contributed by atoms with van der Waals surface area (Å²) in [7, 11) is 1.69. The van der Waals surface area contributed by atoms with Gasteiger partial charge in [0.15, 0.2) is 0 Å². The van der Waals surface area contributed by atoms with Crippen molar-refractivity contribution in [2.24, 2.45) is 0 Å². The molecule has 2 aromatic rings. The van der Waals surface area contributed by atoms with E-state index in [1.54, 1.807) is 19.2 Å². The summed E-state index contributed by atoms with van der Waals surface area (Å²) >= 11 is 0. The smallest absolute Gasteiger partial charge is 0.234 e. The third-order valence-corrected chi connectivity index (χ3v) is 5.37. The van der Waals surface area contributed by atoms with Crippen LogP contribution >= 0.6 is 0 Å². The number of nitrogens with zero attached hydrogens (tertiary/aromatic N) is 3. The van der Waals surface area contributed by atoms with E-state index in [1.165, 1.54) is 4.90 Å². The van der Waals surface area contributed by atoms with E-state index in [2.05, 4.69) is 15.9 Å². The topological polar surface area (TPSA) is 79.1 Å². The maximum absolute atomic E-state index is 11.9. The summed E-state index contributed by atoms with van der Waals surface area (Å²) in [5, 5.41) is 0. The molecule has 7 heteroatoms. The summed E-state index contributed by atoms with van der Waals surface area (Å²) in [6.45, 7) is 3.35. The molecule has 4 rings (SSSR count). The first-order chi connectivity index (χ1) is 13.6. The van der Waals surface area contributed by atoms with Gasteiger partial charge >= 0.3 is 0 Å². The summed E-state index contributed by atoms with van der Waals surface area (Å²) in [6, 6.07) is 13.5. The molecule has 0 radical (unpaired) electrons. The van der Waals surface area contributed by atoms with Crippen molar-refractivity contribution in [1.29, 1.82) is 0 Å².